The van der Waals surface area contributed by atoms with Gasteiger partial charge in [-0.1, -0.05) is 53.8 Å². The molecule has 1 aromatic heterocycles. The first-order valence-corrected chi connectivity index (χ1v) is 11.1. The number of thiazole rings is 1. The summed E-state index contributed by atoms with van der Waals surface area (Å²) in [5.74, 6) is 0.581. The van der Waals surface area contributed by atoms with E-state index in [1.807, 2.05) is 72.8 Å². The molecule has 0 atom stereocenters. The fourth-order valence-electron chi connectivity index (χ4n) is 3.27. The number of benzene rings is 3. The third-order valence-corrected chi connectivity index (χ3v) is 5.86. The van der Waals surface area contributed by atoms with Crippen LogP contribution in [-0.2, 0) is 22.4 Å². The van der Waals surface area contributed by atoms with E-state index >= 15 is 0 Å². The SMILES string of the molecule is COc1ccc(CC(=O)Nc2nc3ccc(NC(=O)CCc4ccccc4)cc3s2)cc1. The van der Waals surface area contributed by atoms with Gasteiger partial charge in [0.15, 0.2) is 5.13 Å². The summed E-state index contributed by atoms with van der Waals surface area (Å²) in [6, 6.07) is 22.9. The lowest BCUT2D eigenvalue weighted by atomic mass is 10.1. The second-order valence-corrected chi connectivity index (χ2v) is 8.34. The number of anilines is 2. The van der Waals surface area contributed by atoms with Gasteiger partial charge in [-0.3, -0.25) is 9.59 Å². The number of hydrogen-bond acceptors (Lipinski definition) is 5. The molecule has 2 N–H and O–H groups in total. The number of rotatable bonds is 8. The Hall–Kier alpha value is -3.71. The third kappa shape index (κ3) is 5.70. The van der Waals surface area contributed by atoms with Crippen molar-refractivity contribution in [2.75, 3.05) is 17.7 Å². The van der Waals surface area contributed by atoms with Crippen molar-refractivity contribution >= 4 is 44.2 Å². The van der Waals surface area contributed by atoms with Crippen LogP contribution in [0.4, 0.5) is 10.8 Å². The van der Waals surface area contributed by atoms with Crippen molar-refractivity contribution in [3.63, 3.8) is 0 Å². The molecule has 0 radical (unpaired) electrons. The fourth-order valence-corrected chi connectivity index (χ4v) is 4.20. The summed E-state index contributed by atoms with van der Waals surface area (Å²) < 4.78 is 6.03. The number of ether oxygens (including phenoxy) is 1. The summed E-state index contributed by atoms with van der Waals surface area (Å²) >= 11 is 1.38. The number of aryl methyl sites for hydroxylation is 1. The number of aromatic nitrogens is 1. The van der Waals surface area contributed by atoms with Crippen LogP contribution in [-0.4, -0.2) is 23.9 Å². The molecular weight excluding hydrogens is 422 g/mol. The maximum atomic E-state index is 12.4. The van der Waals surface area contributed by atoms with Gasteiger partial charge >= 0.3 is 0 Å². The molecule has 0 aliphatic rings. The first kappa shape index (κ1) is 21.5. The molecule has 0 fully saturated rings. The Kier molecular flexibility index (Phi) is 6.77. The Balaban J connectivity index is 1.34. The number of amides is 2. The van der Waals surface area contributed by atoms with E-state index in [2.05, 4.69) is 15.6 Å². The van der Waals surface area contributed by atoms with Crippen molar-refractivity contribution < 1.29 is 14.3 Å². The van der Waals surface area contributed by atoms with Crippen molar-refractivity contribution in [3.8, 4) is 5.75 Å². The molecule has 3 aromatic carbocycles. The average molecular weight is 446 g/mol. The number of methoxy groups -OCH3 is 1. The molecule has 0 aliphatic heterocycles. The molecule has 1 heterocycles. The van der Waals surface area contributed by atoms with Gasteiger partial charge in [0.05, 0.1) is 23.7 Å². The van der Waals surface area contributed by atoms with Crippen molar-refractivity contribution in [3.05, 3.63) is 83.9 Å². The standard InChI is InChI=1S/C25H23N3O3S/c1-31-20-11-7-18(8-12-20)15-24(30)28-25-27-21-13-10-19(16-22(21)32-25)26-23(29)14-9-17-5-3-2-4-6-17/h2-8,10-13,16H,9,14-15H2,1H3,(H,26,29)(H,27,28,30). The molecule has 0 spiro atoms. The highest BCUT2D eigenvalue weighted by Gasteiger charge is 2.10. The highest BCUT2D eigenvalue weighted by atomic mass is 32.1. The minimum atomic E-state index is -0.135. The third-order valence-electron chi connectivity index (χ3n) is 4.93. The molecule has 0 saturated carbocycles. The topological polar surface area (TPSA) is 80.3 Å². The van der Waals surface area contributed by atoms with Gasteiger partial charge in [-0.2, -0.15) is 0 Å². The molecule has 4 aromatic rings. The van der Waals surface area contributed by atoms with Gasteiger partial charge < -0.3 is 15.4 Å². The fraction of sp³-hybridized carbons (Fsp3) is 0.160. The Labute approximate surface area is 190 Å². The van der Waals surface area contributed by atoms with E-state index in [-0.39, 0.29) is 18.2 Å². The van der Waals surface area contributed by atoms with Crippen LogP contribution in [0, 0.1) is 0 Å². The maximum Gasteiger partial charge on any atom is 0.230 e. The molecule has 2 amide bonds. The summed E-state index contributed by atoms with van der Waals surface area (Å²) in [5, 5.41) is 6.33. The highest BCUT2D eigenvalue weighted by Crippen LogP contribution is 2.28. The average Bonchev–Trinajstić information content (AvgIpc) is 3.20. The second-order valence-electron chi connectivity index (χ2n) is 7.31. The number of carbonyl (C=O) groups excluding carboxylic acids is 2. The first-order chi connectivity index (χ1) is 15.6. The monoisotopic (exact) mass is 445 g/mol. The molecule has 7 heteroatoms. The zero-order valence-corrected chi connectivity index (χ0v) is 18.4. The van der Waals surface area contributed by atoms with E-state index in [1.165, 1.54) is 11.3 Å². The summed E-state index contributed by atoms with van der Waals surface area (Å²) in [7, 11) is 1.61. The van der Waals surface area contributed by atoms with Crippen molar-refractivity contribution in [2.45, 2.75) is 19.3 Å². The zero-order chi connectivity index (χ0) is 22.3. The van der Waals surface area contributed by atoms with Gasteiger partial charge in [0, 0.05) is 12.1 Å². The van der Waals surface area contributed by atoms with Crippen molar-refractivity contribution in [1.29, 1.82) is 0 Å². The van der Waals surface area contributed by atoms with Crippen LogP contribution in [0.15, 0.2) is 72.8 Å². The van der Waals surface area contributed by atoms with E-state index in [0.717, 1.165) is 32.8 Å². The van der Waals surface area contributed by atoms with Crippen LogP contribution in [0.5, 0.6) is 5.75 Å². The zero-order valence-electron chi connectivity index (χ0n) is 17.6. The van der Waals surface area contributed by atoms with Crippen LogP contribution < -0.4 is 15.4 Å². The molecule has 162 valence electrons. The Bertz CT molecular complexity index is 1220. The molecule has 32 heavy (non-hydrogen) atoms. The minimum absolute atomic E-state index is 0.0364. The summed E-state index contributed by atoms with van der Waals surface area (Å²) in [6.07, 6.45) is 1.36. The molecule has 4 rings (SSSR count). The van der Waals surface area contributed by atoms with Crippen LogP contribution in [0.3, 0.4) is 0 Å². The van der Waals surface area contributed by atoms with Crippen LogP contribution in [0.2, 0.25) is 0 Å². The molecule has 0 saturated heterocycles. The highest BCUT2D eigenvalue weighted by molar-refractivity contribution is 7.22. The predicted molar refractivity (Wildman–Crippen MR) is 128 cm³/mol. The van der Waals surface area contributed by atoms with Crippen LogP contribution in [0.25, 0.3) is 10.2 Å². The summed E-state index contributed by atoms with van der Waals surface area (Å²) in [5.41, 5.74) is 3.52. The lowest BCUT2D eigenvalue weighted by Crippen LogP contribution is -2.14. The van der Waals surface area contributed by atoms with E-state index in [4.69, 9.17) is 4.74 Å². The Morgan fingerprint density at radius 3 is 2.44 bits per heavy atom. The second kappa shape index (κ2) is 10.1. The summed E-state index contributed by atoms with van der Waals surface area (Å²) in [6.45, 7) is 0. The van der Waals surface area contributed by atoms with Gasteiger partial charge in [-0.25, -0.2) is 4.98 Å². The molecule has 0 aliphatic carbocycles. The number of carbonyl (C=O) groups is 2. The predicted octanol–water partition coefficient (Wildman–Crippen LogP) is 5.06. The number of nitrogens with one attached hydrogen (secondary N) is 2. The smallest absolute Gasteiger partial charge is 0.230 e. The lowest BCUT2D eigenvalue weighted by molar-refractivity contribution is -0.116. The van der Waals surface area contributed by atoms with Crippen molar-refractivity contribution in [1.82, 2.24) is 4.98 Å². The molecule has 0 bridgehead atoms. The van der Waals surface area contributed by atoms with Gasteiger partial charge in [0.2, 0.25) is 11.8 Å². The van der Waals surface area contributed by atoms with Gasteiger partial charge in [0.1, 0.15) is 5.75 Å². The van der Waals surface area contributed by atoms with Gasteiger partial charge in [-0.15, -0.1) is 0 Å². The van der Waals surface area contributed by atoms with Crippen LogP contribution >= 0.6 is 11.3 Å². The van der Waals surface area contributed by atoms with E-state index in [9.17, 15) is 9.59 Å². The Morgan fingerprint density at radius 1 is 0.906 bits per heavy atom. The normalized spacial score (nSPS) is 10.7. The molecule has 6 nitrogen and oxygen atoms in total. The number of fused-ring (bicyclic) bond motifs is 1. The largest absolute Gasteiger partial charge is 0.497 e. The minimum Gasteiger partial charge on any atom is -0.497 e. The number of nitrogens with zero attached hydrogens (tertiary/aromatic N) is 1. The maximum absolute atomic E-state index is 12.4. The molecule has 0 unspecified atom stereocenters. The van der Waals surface area contributed by atoms with E-state index in [0.29, 0.717) is 18.0 Å². The summed E-state index contributed by atoms with van der Waals surface area (Å²) in [4.78, 5) is 29.2. The van der Waals surface area contributed by atoms with E-state index in [1.54, 1.807) is 7.11 Å². The van der Waals surface area contributed by atoms with E-state index < -0.39 is 0 Å². The lowest BCUT2D eigenvalue weighted by Gasteiger charge is -2.05. The molecular formula is C25H23N3O3S. The first-order valence-electron chi connectivity index (χ1n) is 10.3. The van der Waals surface area contributed by atoms with Gasteiger partial charge in [-0.05, 0) is 47.9 Å². The van der Waals surface area contributed by atoms with Crippen LogP contribution in [0.1, 0.15) is 17.5 Å². The van der Waals surface area contributed by atoms with Gasteiger partial charge in [0.25, 0.3) is 0 Å². The van der Waals surface area contributed by atoms with Crippen molar-refractivity contribution in [2.24, 2.45) is 0 Å². The quantitative estimate of drug-likeness (QED) is 0.397. The number of hydrogen-bond donors (Lipinski definition) is 2. The Morgan fingerprint density at radius 2 is 1.69 bits per heavy atom.